The van der Waals surface area contributed by atoms with Crippen molar-refractivity contribution in [2.75, 3.05) is 11.9 Å². The Morgan fingerprint density at radius 1 is 1.26 bits per heavy atom. The largest absolute Gasteiger partial charge is 0.497 e. The number of benzene rings is 1. The lowest BCUT2D eigenvalue weighted by Gasteiger charge is -2.10. The lowest BCUT2D eigenvalue weighted by atomic mass is 10.0. The minimum atomic E-state index is -0.375. The molecular formula is C15H15NO3. The van der Waals surface area contributed by atoms with Crippen LogP contribution in [0.5, 0.6) is 0 Å². The highest BCUT2D eigenvalue weighted by Gasteiger charge is 2.25. The van der Waals surface area contributed by atoms with Crippen molar-refractivity contribution in [3.8, 4) is 0 Å². The Balaban J connectivity index is 1.63. The van der Waals surface area contributed by atoms with E-state index in [9.17, 15) is 4.79 Å². The molecule has 2 aliphatic rings. The summed E-state index contributed by atoms with van der Waals surface area (Å²) in [4.78, 5) is 11.5. The molecule has 0 bridgehead atoms. The first-order valence-corrected chi connectivity index (χ1v) is 6.38. The van der Waals surface area contributed by atoms with Crippen molar-refractivity contribution in [3.05, 3.63) is 48.2 Å². The summed E-state index contributed by atoms with van der Waals surface area (Å²) in [7, 11) is 0. The van der Waals surface area contributed by atoms with Crippen LogP contribution in [-0.4, -0.2) is 18.8 Å². The first-order valence-electron chi connectivity index (χ1n) is 6.38. The van der Waals surface area contributed by atoms with Crippen molar-refractivity contribution >= 4 is 17.4 Å². The lowest BCUT2D eigenvalue weighted by Crippen LogP contribution is -2.14. The number of rotatable bonds is 3. The zero-order valence-corrected chi connectivity index (χ0v) is 10.5. The van der Waals surface area contributed by atoms with Crippen LogP contribution in [0.3, 0.4) is 0 Å². The van der Waals surface area contributed by atoms with Crippen LogP contribution < -0.4 is 5.32 Å². The Kier molecular flexibility index (Phi) is 3.23. The number of ether oxygens (including phenoxy) is 2. The van der Waals surface area contributed by atoms with Gasteiger partial charge >= 0.3 is 6.09 Å². The second-order valence-electron chi connectivity index (χ2n) is 4.60. The van der Waals surface area contributed by atoms with Crippen molar-refractivity contribution in [1.29, 1.82) is 0 Å². The van der Waals surface area contributed by atoms with Gasteiger partial charge in [-0.25, -0.2) is 4.79 Å². The topological polar surface area (TPSA) is 47.6 Å². The van der Waals surface area contributed by atoms with Crippen molar-refractivity contribution in [3.63, 3.8) is 0 Å². The summed E-state index contributed by atoms with van der Waals surface area (Å²) >= 11 is 0. The van der Waals surface area contributed by atoms with E-state index >= 15 is 0 Å². The molecule has 19 heavy (non-hydrogen) atoms. The molecule has 4 heteroatoms. The molecule has 4 nitrogen and oxygen atoms in total. The summed E-state index contributed by atoms with van der Waals surface area (Å²) in [6, 6.07) is 7.67. The minimum Gasteiger partial charge on any atom is -0.497 e. The second kappa shape index (κ2) is 5.18. The van der Waals surface area contributed by atoms with Gasteiger partial charge in [-0.2, -0.15) is 0 Å². The monoisotopic (exact) mass is 257 g/mol. The van der Waals surface area contributed by atoms with Crippen LogP contribution in [0, 0.1) is 0 Å². The zero-order chi connectivity index (χ0) is 13.1. The smallest absolute Gasteiger partial charge is 0.411 e. The molecule has 98 valence electrons. The molecule has 0 saturated heterocycles. The molecule has 1 heterocycles. The summed E-state index contributed by atoms with van der Waals surface area (Å²) in [5.41, 5.74) is 2.96. The van der Waals surface area contributed by atoms with Gasteiger partial charge in [0.2, 0.25) is 0 Å². The molecule has 1 aliphatic carbocycles. The summed E-state index contributed by atoms with van der Waals surface area (Å²) in [5, 5.41) is 2.72. The van der Waals surface area contributed by atoms with Gasteiger partial charge < -0.3 is 9.47 Å². The maximum absolute atomic E-state index is 11.5. The Labute approximate surface area is 111 Å². The Hall–Kier alpha value is -2.23. The van der Waals surface area contributed by atoms with Gasteiger partial charge in [0.1, 0.15) is 12.7 Å². The quantitative estimate of drug-likeness (QED) is 0.903. The lowest BCUT2D eigenvalue weighted by molar-refractivity contribution is 0.154. The van der Waals surface area contributed by atoms with E-state index in [1.807, 2.05) is 36.4 Å². The third kappa shape index (κ3) is 3.16. The average Bonchev–Trinajstić information content (AvgIpc) is 3.24. The number of carbonyl (C=O) groups is 1. The minimum absolute atomic E-state index is 0.122. The van der Waals surface area contributed by atoms with Crippen LogP contribution in [-0.2, 0) is 9.47 Å². The highest BCUT2D eigenvalue weighted by molar-refractivity contribution is 5.85. The SMILES string of the molecule is O=C(Nc1ccc(C2=CCOC=C2)cc1)OC1CC1. The second-order valence-corrected chi connectivity index (χ2v) is 4.60. The Morgan fingerprint density at radius 3 is 2.68 bits per heavy atom. The molecule has 1 amide bonds. The van der Waals surface area contributed by atoms with Gasteiger partial charge in [0.15, 0.2) is 0 Å². The fraction of sp³-hybridized carbons (Fsp3) is 0.267. The maximum Gasteiger partial charge on any atom is 0.411 e. The van der Waals surface area contributed by atoms with Crippen LogP contribution >= 0.6 is 0 Å². The molecule has 1 saturated carbocycles. The van der Waals surface area contributed by atoms with E-state index in [2.05, 4.69) is 5.32 Å². The number of nitrogens with one attached hydrogen (secondary N) is 1. The van der Waals surface area contributed by atoms with Crippen molar-refractivity contribution in [1.82, 2.24) is 0 Å². The van der Waals surface area contributed by atoms with Crippen molar-refractivity contribution in [2.24, 2.45) is 0 Å². The molecule has 0 spiro atoms. The summed E-state index contributed by atoms with van der Waals surface area (Å²) in [6.07, 6.45) is 7.34. The molecule has 1 fully saturated rings. The molecule has 1 aromatic carbocycles. The first-order chi connectivity index (χ1) is 9.31. The molecule has 0 radical (unpaired) electrons. The van der Waals surface area contributed by atoms with E-state index in [0.717, 1.165) is 29.7 Å². The first kappa shape index (κ1) is 11.8. The van der Waals surface area contributed by atoms with Crippen LogP contribution in [0.15, 0.2) is 42.7 Å². The number of carbonyl (C=O) groups excluding carboxylic acids is 1. The van der Waals surface area contributed by atoms with Gasteiger partial charge in [-0.3, -0.25) is 5.32 Å². The van der Waals surface area contributed by atoms with Gasteiger partial charge in [-0.05, 0) is 48.3 Å². The number of amides is 1. The summed E-state index contributed by atoms with van der Waals surface area (Å²) in [5.74, 6) is 0. The fourth-order valence-corrected chi connectivity index (χ4v) is 1.83. The molecule has 1 aromatic rings. The van der Waals surface area contributed by atoms with E-state index in [1.165, 1.54) is 0 Å². The highest BCUT2D eigenvalue weighted by atomic mass is 16.6. The van der Waals surface area contributed by atoms with E-state index in [4.69, 9.17) is 9.47 Å². The standard InChI is InChI=1S/C15H15NO3/c17-15(19-14-5-6-14)16-13-3-1-11(2-4-13)12-7-9-18-10-8-12/h1-4,7-9,14H,5-6,10H2,(H,16,17). The van der Waals surface area contributed by atoms with Crippen molar-refractivity contribution < 1.29 is 14.3 Å². The number of hydrogen-bond donors (Lipinski definition) is 1. The van der Waals surface area contributed by atoms with E-state index in [-0.39, 0.29) is 12.2 Å². The number of allylic oxidation sites excluding steroid dienone is 2. The van der Waals surface area contributed by atoms with Crippen LogP contribution in [0.2, 0.25) is 0 Å². The van der Waals surface area contributed by atoms with Gasteiger partial charge in [0.25, 0.3) is 0 Å². The normalized spacial score (nSPS) is 17.4. The van der Waals surface area contributed by atoms with E-state index in [0.29, 0.717) is 6.61 Å². The van der Waals surface area contributed by atoms with Gasteiger partial charge in [0.05, 0.1) is 6.26 Å². The summed E-state index contributed by atoms with van der Waals surface area (Å²) in [6.45, 7) is 0.597. The van der Waals surface area contributed by atoms with E-state index < -0.39 is 0 Å². The van der Waals surface area contributed by atoms with Crippen LogP contribution in [0.25, 0.3) is 5.57 Å². The molecule has 0 unspecified atom stereocenters. The molecular weight excluding hydrogens is 242 g/mol. The number of hydrogen-bond acceptors (Lipinski definition) is 3. The van der Waals surface area contributed by atoms with E-state index in [1.54, 1.807) is 6.26 Å². The molecule has 3 rings (SSSR count). The molecule has 1 aliphatic heterocycles. The Morgan fingerprint density at radius 2 is 2.05 bits per heavy atom. The predicted octanol–water partition coefficient (Wildman–Crippen LogP) is 3.32. The summed E-state index contributed by atoms with van der Waals surface area (Å²) < 4.78 is 10.2. The van der Waals surface area contributed by atoms with Gasteiger partial charge in [0, 0.05) is 5.69 Å². The Bertz CT molecular complexity index is 527. The van der Waals surface area contributed by atoms with Crippen molar-refractivity contribution in [2.45, 2.75) is 18.9 Å². The van der Waals surface area contributed by atoms with Gasteiger partial charge in [-0.1, -0.05) is 12.1 Å². The molecule has 0 atom stereocenters. The third-order valence-electron chi connectivity index (χ3n) is 3.01. The average molecular weight is 257 g/mol. The zero-order valence-electron chi connectivity index (χ0n) is 10.5. The highest BCUT2D eigenvalue weighted by Crippen LogP contribution is 2.24. The van der Waals surface area contributed by atoms with Crippen LogP contribution in [0.1, 0.15) is 18.4 Å². The third-order valence-corrected chi connectivity index (χ3v) is 3.01. The van der Waals surface area contributed by atoms with Gasteiger partial charge in [-0.15, -0.1) is 0 Å². The van der Waals surface area contributed by atoms with Crippen LogP contribution in [0.4, 0.5) is 10.5 Å². The maximum atomic E-state index is 11.5. The molecule has 1 N–H and O–H groups in total. The molecule has 0 aromatic heterocycles. The predicted molar refractivity (Wildman–Crippen MR) is 72.6 cm³/mol. The number of anilines is 1. The fourth-order valence-electron chi connectivity index (χ4n) is 1.83.